The van der Waals surface area contributed by atoms with Gasteiger partial charge in [0.05, 0.1) is 0 Å². The van der Waals surface area contributed by atoms with Crippen LogP contribution in [0.1, 0.15) is 29.0 Å². The number of anilines is 1. The number of hydrogen-bond acceptors (Lipinski definition) is 3. The fourth-order valence-corrected chi connectivity index (χ4v) is 3.60. The fraction of sp³-hybridized carbons (Fsp3) is 0.120. The Hall–Kier alpha value is -3.66. The number of carbonyl (C=O) groups is 1. The molecule has 29 heavy (non-hydrogen) atoms. The molecule has 0 fully saturated rings. The molecule has 0 atom stereocenters. The molecule has 0 aliphatic carbocycles. The van der Waals surface area contributed by atoms with Crippen molar-refractivity contribution in [2.24, 2.45) is 0 Å². The van der Waals surface area contributed by atoms with Crippen LogP contribution in [0, 0.1) is 6.92 Å². The molecular formula is C25H21NO3. The van der Waals surface area contributed by atoms with Crippen LogP contribution < -0.4 is 10.9 Å². The van der Waals surface area contributed by atoms with Crippen molar-refractivity contribution >= 4 is 22.6 Å². The molecule has 4 nitrogen and oxygen atoms in total. The van der Waals surface area contributed by atoms with Crippen molar-refractivity contribution < 1.29 is 9.21 Å². The Balaban J connectivity index is 1.58. The molecular weight excluding hydrogens is 362 g/mol. The Morgan fingerprint density at radius 2 is 1.52 bits per heavy atom. The fourth-order valence-electron chi connectivity index (χ4n) is 3.60. The zero-order chi connectivity index (χ0) is 20.2. The summed E-state index contributed by atoms with van der Waals surface area (Å²) in [6.07, 6.45) is 0.309. The minimum Gasteiger partial charge on any atom is -0.423 e. The second-order valence-corrected chi connectivity index (χ2v) is 7.09. The third-order valence-electron chi connectivity index (χ3n) is 5.03. The number of nitrogens with one attached hydrogen (secondary N) is 1. The molecule has 144 valence electrons. The standard InChI is InChI=1S/C25H21NO3/c1-17-14-25(28)29-23-15-20(12-13-21(17)23)26-24(27)16-22(18-8-4-2-5-9-18)19-10-6-3-7-11-19/h2-15,22H,16H2,1H3,(H,26,27). The minimum atomic E-state index is -0.397. The third kappa shape index (κ3) is 4.27. The number of rotatable bonds is 5. The molecule has 0 bridgehead atoms. The van der Waals surface area contributed by atoms with Gasteiger partial charge in [-0.1, -0.05) is 60.7 Å². The van der Waals surface area contributed by atoms with E-state index in [0.717, 1.165) is 22.1 Å². The molecule has 1 heterocycles. The van der Waals surface area contributed by atoms with Crippen molar-refractivity contribution in [1.82, 2.24) is 0 Å². The lowest BCUT2D eigenvalue weighted by Gasteiger charge is -2.18. The summed E-state index contributed by atoms with van der Waals surface area (Å²) in [7, 11) is 0. The van der Waals surface area contributed by atoms with E-state index in [0.29, 0.717) is 17.7 Å². The van der Waals surface area contributed by atoms with Crippen molar-refractivity contribution in [2.45, 2.75) is 19.3 Å². The predicted octanol–water partition coefficient (Wildman–Crippen LogP) is 5.26. The van der Waals surface area contributed by atoms with Gasteiger partial charge in [-0.05, 0) is 35.7 Å². The zero-order valence-corrected chi connectivity index (χ0v) is 16.1. The van der Waals surface area contributed by atoms with Crippen molar-refractivity contribution in [3.63, 3.8) is 0 Å². The van der Waals surface area contributed by atoms with Crippen molar-refractivity contribution in [2.75, 3.05) is 5.32 Å². The first-order chi connectivity index (χ1) is 14.1. The van der Waals surface area contributed by atoms with Crippen LogP contribution in [0.4, 0.5) is 5.69 Å². The van der Waals surface area contributed by atoms with Gasteiger partial charge in [0.25, 0.3) is 0 Å². The van der Waals surface area contributed by atoms with Gasteiger partial charge in [0.15, 0.2) is 0 Å². The van der Waals surface area contributed by atoms with Crippen LogP contribution in [0.5, 0.6) is 0 Å². The zero-order valence-electron chi connectivity index (χ0n) is 16.1. The van der Waals surface area contributed by atoms with Gasteiger partial charge < -0.3 is 9.73 Å². The molecule has 3 aromatic carbocycles. The van der Waals surface area contributed by atoms with Crippen LogP contribution in [0.25, 0.3) is 11.0 Å². The maximum atomic E-state index is 12.8. The summed E-state index contributed by atoms with van der Waals surface area (Å²) in [5, 5.41) is 3.80. The lowest BCUT2D eigenvalue weighted by atomic mass is 9.88. The summed E-state index contributed by atoms with van der Waals surface area (Å²) in [6, 6.07) is 26.9. The molecule has 4 rings (SSSR count). The van der Waals surface area contributed by atoms with Crippen LogP contribution in [-0.2, 0) is 4.79 Å². The topological polar surface area (TPSA) is 59.3 Å². The first-order valence-electron chi connectivity index (χ1n) is 9.54. The Bertz CT molecular complexity index is 1160. The van der Waals surface area contributed by atoms with Crippen molar-refractivity contribution in [3.05, 3.63) is 112 Å². The SMILES string of the molecule is Cc1cc(=O)oc2cc(NC(=O)CC(c3ccccc3)c3ccccc3)ccc12. The molecule has 0 saturated carbocycles. The first kappa shape index (κ1) is 18.7. The summed E-state index contributed by atoms with van der Waals surface area (Å²) < 4.78 is 5.28. The molecule has 0 spiro atoms. The lowest BCUT2D eigenvalue weighted by molar-refractivity contribution is -0.116. The molecule has 1 N–H and O–H groups in total. The number of fused-ring (bicyclic) bond motifs is 1. The quantitative estimate of drug-likeness (QED) is 0.478. The Morgan fingerprint density at radius 1 is 0.897 bits per heavy atom. The molecule has 1 amide bonds. The molecule has 1 aromatic heterocycles. The number of amides is 1. The second-order valence-electron chi connectivity index (χ2n) is 7.09. The highest BCUT2D eigenvalue weighted by molar-refractivity contribution is 5.94. The largest absolute Gasteiger partial charge is 0.423 e. The van der Waals surface area contributed by atoms with Gasteiger partial charge in [-0.2, -0.15) is 0 Å². The molecule has 4 heteroatoms. The van der Waals surface area contributed by atoms with Gasteiger partial charge in [-0.25, -0.2) is 4.79 Å². The predicted molar refractivity (Wildman–Crippen MR) is 115 cm³/mol. The van der Waals surface area contributed by atoms with Crippen LogP contribution in [0.2, 0.25) is 0 Å². The summed E-state index contributed by atoms with van der Waals surface area (Å²) in [5.74, 6) is -0.143. The van der Waals surface area contributed by atoms with E-state index in [1.54, 1.807) is 6.07 Å². The highest BCUT2D eigenvalue weighted by Crippen LogP contribution is 2.28. The monoisotopic (exact) mass is 383 g/mol. The van der Waals surface area contributed by atoms with E-state index in [4.69, 9.17) is 4.42 Å². The average Bonchev–Trinajstić information content (AvgIpc) is 2.73. The molecule has 0 saturated heterocycles. The number of hydrogen-bond donors (Lipinski definition) is 1. The average molecular weight is 383 g/mol. The molecule has 0 aliphatic rings. The van der Waals surface area contributed by atoms with Gasteiger partial charge >= 0.3 is 5.63 Å². The van der Waals surface area contributed by atoms with E-state index in [-0.39, 0.29) is 11.8 Å². The maximum Gasteiger partial charge on any atom is 0.336 e. The molecule has 0 unspecified atom stereocenters. The highest BCUT2D eigenvalue weighted by atomic mass is 16.4. The smallest absolute Gasteiger partial charge is 0.336 e. The van der Waals surface area contributed by atoms with E-state index in [1.807, 2.05) is 79.7 Å². The van der Waals surface area contributed by atoms with Crippen LogP contribution in [0.3, 0.4) is 0 Å². The number of carbonyl (C=O) groups excluding carboxylic acids is 1. The van der Waals surface area contributed by atoms with Gasteiger partial charge in [-0.15, -0.1) is 0 Å². The van der Waals surface area contributed by atoms with Crippen molar-refractivity contribution in [3.8, 4) is 0 Å². The minimum absolute atomic E-state index is 0.0435. The summed E-state index contributed by atoms with van der Waals surface area (Å²) in [4.78, 5) is 24.5. The summed E-state index contributed by atoms with van der Waals surface area (Å²) >= 11 is 0. The molecule has 4 aromatic rings. The number of benzene rings is 3. The van der Waals surface area contributed by atoms with E-state index < -0.39 is 5.63 Å². The first-order valence-corrected chi connectivity index (χ1v) is 9.54. The summed E-state index contributed by atoms with van der Waals surface area (Å²) in [6.45, 7) is 1.86. The van der Waals surface area contributed by atoms with E-state index in [9.17, 15) is 9.59 Å². The van der Waals surface area contributed by atoms with Gasteiger partial charge in [0.1, 0.15) is 5.58 Å². The third-order valence-corrected chi connectivity index (χ3v) is 5.03. The highest BCUT2D eigenvalue weighted by Gasteiger charge is 2.18. The Kier molecular flexibility index (Phi) is 5.25. The second kappa shape index (κ2) is 8.15. The van der Waals surface area contributed by atoms with Crippen LogP contribution >= 0.6 is 0 Å². The van der Waals surface area contributed by atoms with E-state index in [1.165, 1.54) is 6.07 Å². The van der Waals surface area contributed by atoms with Crippen LogP contribution in [-0.4, -0.2) is 5.91 Å². The Labute approximate surface area is 168 Å². The van der Waals surface area contributed by atoms with Crippen LogP contribution in [0.15, 0.2) is 94.1 Å². The normalized spacial score (nSPS) is 11.0. The summed E-state index contributed by atoms with van der Waals surface area (Å²) in [5.41, 5.74) is 3.71. The maximum absolute atomic E-state index is 12.8. The number of aryl methyl sites for hydroxylation is 1. The molecule has 0 radical (unpaired) electrons. The van der Waals surface area contributed by atoms with Crippen molar-refractivity contribution in [1.29, 1.82) is 0 Å². The Morgan fingerprint density at radius 3 is 2.14 bits per heavy atom. The van der Waals surface area contributed by atoms with Gasteiger partial charge in [-0.3, -0.25) is 4.79 Å². The van der Waals surface area contributed by atoms with Gasteiger partial charge in [0.2, 0.25) is 5.91 Å². The van der Waals surface area contributed by atoms with E-state index in [2.05, 4.69) is 5.32 Å². The van der Waals surface area contributed by atoms with E-state index >= 15 is 0 Å². The molecule has 0 aliphatic heterocycles. The van der Waals surface area contributed by atoms with Gasteiger partial charge in [0, 0.05) is 35.5 Å². The lowest BCUT2D eigenvalue weighted by Crippen LogP contribution is -2.16.